The Bertz CT molecular complexity index is 1360. The minimum atomic E-state index is -0.377. The van der Waals surface area contributed by atoms with Gasteiger partial charge in [-0.3, -0.25) is 4.98 Å². The summed E-state index contributed by atoms with van der Waals surface area (Å²) in [4.78, 5) is 4.38. The molecule has 37 heavy (non-hydrogen) atoms. The first-order chi connectivity index (χ1) is 17.8. The molecule has 2 saturated carbocycles. The van der Waals surface area contributed by atoms with Crippen molar-refractivity contribution in [3.63, 3.8) is 0 Å². The van der Waals surface area contributed by atoms with Crippen LogP contribution in [0.25, 0.3) is 10.8 Å². The highest BCUT2D eigenvalue weighted by Crippen LogP contribution is 2.70. The van der Waals surface area contributed by atoms with E-state index in [4.69, 9.17) is 15.2 Å². The minimum Gasteiger partial charge on any atom is -0.377 e. The van der Waals surface area contributed by atoms with Crippen LogP contribution in [0.2, 0.25) is 0 Å². The Morgan fingerprint density at radius 2 is 1.95 bits per heavy atom. The van der Waals surface area contributed by atoms with E-state index in [2.05, 4.69) is 60.6 Å². The molecule has 6 aliphatic rings. The topological polar surface area (TPSA) is 69.4 Å². The van der Waals surface area contributed by atoms with Crippen LogP contribution in [-0.2, 0) is 9.47 Å². The number of nitrogens with zero attached hydrogens (tertiary/aromatic N) is 1. The molecule has 194 valence electrons. The second-order valence-electron chi connectivity index (χ2n) is 13.6. The molecule has 0 amide bonds. The molecule has 3 aliphatic carbocycles. The third-order valence-corrected chi connectivity index (χ3v) is 11.5. The summed E-state index contributed by atoms with van der Waals surface area (Å²) in [5, 5.41) is 6.40. The maximum atomic E-state index is 7.71. The Kier molecular flexibility index (Phi) is 4.53. The van der Waals surface area contributed by atoms with Crippen LogP contribution in [0, 0.1) is 5.41 Å². The number of benzene rings is 1. The zero-order valence-electron chi connectivity index (χ0n) is 22.2. The summed E-state index contributed by atoms with van der Waals surface area (Å²) in [6, 6.07) is 9.52. The van der Waals surface area contributed by atoms with Gasteiger partial charge < -0.3 is 20.5 Å². The van der Waals surface area contributed by atoms with Gasteiger partial charge in [0.2, 0.25) is 0 Å². The lowest BCUT2D eigenvalue weighted by Gasteiger charge is -2.60. The number of rotatable bonds is 3. The van der Waals surface area contributed by atoms with Gasteiger partial charge in [0.15, 0.2) is 0 Å². The highest BCUT2D eigenvalue weighted by atomic mass is 16.5. The summed E-state index contributed by atoms with van der Waals surface area (Å²) < 4.78 is 13.0. The van der Waals surface area contributed by atoms with Gasteiger partial charge in [0.25, 0.3) is 0 Å². The van der Waals surface area contributed by atoms with E-state index in [0.717, 1.165) is 58.2 Å². The fourth-order valence-corrected chi connectivity index (χ4v) is 9.44. The van der Waals surface area contributed by atoms with E-state index in [1.807, 2.05) is 12.4 Å². The summed E-state index contributed by atoms with van der Waals surface area (Å²) in [6.45, 7) is 6.37. The maximum absolute atomic E-state index is 7.71. The van der Waals surface area contributed by atoms with E-state index >= 15 is 0 Å². The molecule has 1 aromatic heterocycles. The van der Waals surface area contributed by atoms with Gasteiger partial charge in [0, 0.05) is 23.8 Å². The number of hydrogen-bond acceptors (Lipinski definition) is 5. The van der Waals surface area contributed by atoms with Crippen molar-refractivity contribution >= 4 is 10.8 Å². The van der Waals surface area contributed by atoms with Gasteiger partial charge in [-0.2, -0.15) is 0 Å². The molecule has 5 heteroatoms. The summed E-state index contributed by atoms with van der Waals surface area (Å²) in [5.41, 5.74) is 11.2. The average Bonchev–Trinajstić information content (AvgIpc) is 3.35. The smallest absolute Gasteiger partial charge is 0.113 e. The molecular formula is C32H39N3O2. The molecule has 6 atom stereocenters. The molecular weight excluding hydrogens is 458 g/mol. The highest BCUT2D eigenvalue weighted by molar-refractivity contribution is 5.82. The van der Waals surface area contributed by atoms with E-state index in [1.54, 1.807) is 0 Å². The second-order valence-corrected chi connectivity index (χ2v) is 13.6. The standard InChI is InChI=1S/C32H39N3O2/c1-28(19-36-20-28)35-26-6-5-24-16-25-7-10-29(2)27(22-4-3-21-9-14-34-18-23(21)15-22)8-11-32(29,33)31(25)13-12-30(24,17-26)37-31/h3-4,7,9,14-16,18,26-27,35H,5-6,8,10-13,17,19-20,33H2,1-2H3/t26?,27?,29-,30-,31-,32+/m1/s1. The predicted molar refractivity (Wildman–Crippen MR) is 145 cm³/mol. The largest absolute Gasteiger partial charge is 0.377 e. The SMILES string of the molecule is CC1(NC2CCC3=CC4=CC[C@]5(C)C(c6ccc7ccncc7c6)CC[C@@]5(N)[C@@]45CC[C@]3(C2)O5)COC1. The van der Waals surface area contributed by atoms with Gasteiger partial charge in [-0.1, -0.05) is 31.2 Å². The van der Waals surface area contributed by atoms with E-state index < -0.39 is 0 Å². The quantitative estimate of drug-likeness (QED) is 0.602. The van der Waals surface area contributed by atoms with Gasteiger partial charge in [-0.25, -0.2) is 0 Å². The Morgan fingerprint density at radius 1 is 1.05 bits per heavy atom. The number of allylic oxidation sites excluding steroid dienone is 1. The lowest BCUT2D eigenvalue weighted by atomic mass is 9.53. The second kappa shape index (κ2) is 7.32. The molecule has 2 spiro atoms. The summed E-state index contributed by atoms with van der Waals surface area (Å²) in [7, 11) is 0. The van der Waals surface area contributed by atoms with Crippen molar-refractivity contribution < 1.29 is 9.47 Å². The van der Waals surface area contributed by atoms with Gasteiger partial charge in [0.05, 0.1) is 29.9 Å². The van der Waals surface area contributed by atoms with Gasteiger partial charge in [-0.15, -0.1) is 0 Å². The van der Waals surface area contributed by atoms with Crippen LogP contribution < -0.4 is 11.1 Å². The minimum absolute atomic E-state index is 0.0493. The maximum Gasteiger partial charge on any atom is 0.113 e. The van der Waals surface area contributed by atoms with E-state index in [9.17, 15) is 0 Å². The van der Waals surface area contributed by atoms with Crippen LogP contribution in [0.4, 0.5) is 0 Å². The van der Waals surface area contributed by atoms with Crippen molar-refractivity contribution in [1.82, 2.24) is 10.3 Å². The monoisotopic (exact) mass is 497 g/mol. The van der Waals surface area contributed by atoms with Gasteiger partial charge in [0.1, 0.15) is 5.60 Å². The number of pyridine rings is 1. The molecule has 4 heterocycles. The van der Waals surface area contributed by atoms with Crippen LogP contribution in [0.1, 0.15) is 76.7 Å². The molecule has 3 aliphatic heterocycles. The van der Waals surface area contributed by atoms with Crippen molar-refractivity contribution in [2.24, 2.45) is 11.1 Å². The Hall–Kier alpha value is -2.05. The van der Waals surface area contributed by atoms with E-state index in [-0.39, 0.29) is 27.7 Å². The van der Waals surface area contributed by atoms with Crippen LogP contribution >= 0.6 is 0 Å². The van der Waals surface area contributed by atoms with Gasteiger partial charge >= 0.3 is 0 Å². The van der Waals surface area contributed by atoms with Gasteiger partial charge in [-0.05, 0) is 104 Å². The first-order valence-corrected chi connectivity index (χ1v) is 14.4. The number of ether oxygens (including phenoxy) is 2. The lowest BCUT2D eigenvalue weighted by Crippen LogP contribution is -2.71. The molecule has 4 fully saturated rings. The third-order valence-electron chi connectivity index (χ3n) is 11.5. The molecule has 1 aromatic carbocycles. The number of hydrogen-bond donors (Lipinski definition) is 2. The first kappa shape index (κ1) is 22.9. The zero-order chi connectivity index (χ0) is 25.1. The van der Waals surface area contributed by atoms with Crippen LogP contribution in [0.3, 0.4) is 0 Å². The molecule has 0 radical (unpaired) electrons. The highest BCUT2D eigenvalue weighted by Gasteiger charge is 2.72. The van der Waals surface area contributed by atoms with Crippen molar-refractivity contribution in [1.29, 1.82) is 0 Å². The molecule has 8 rings (SSSR count). The van der Waals surface area contributed by atoms with Crippen molar-refractivity contribution in [2.45, 2.75) is 99.5 Å². The van der Waals surface area contributed by atoms with Crippen molar-refractivity contribution in [3.05, 3.63) is 65.5 Å². The molecule has 2 saturated heterocycles. The van der Waals surface area contributed by atoms with Crippen LogP contribution in [-0.4, -0.2) is 46.5 Å². The van der Waals surface area contributed by atoms with E-state index in [0.29, 0.717) is 12.0 Å². The lowest BCUT2D eigenvalue weighted by molar-refractivity contribution is -0.150. The normalized spacial score (nSPS) is 43.3. The van der Waals surface area contributed by atoms with E-state index in [1.165, 1.54) is 33.9 Å². The Morgan fingerprint density at radius 3 is 2.78 bits per heavy atom. The predicted octanol–water partition coefficient (Wildman–Crippen LogP) is 5.31. The molecule has 2 aromatic rings. The Labute approximate surface area is 219 Å². The first-order valence-electron chi connectivity index (χ1n) is 14.4. The number of nitrogens with two attached hydrogens (primary N) is 1. The summed E-state index contributed by atoms with van der Waals surface area (Å²) in [5.74, 6) is 0.416. The third kappa shape index (κ3) is 2.87. The Balaban J connectivity index is 1.16. The molecule has 3 N–H and O–H groups in total. The fraction of sp³-hybridized carbons (Fsp3) is 0.594. The van der Waals surface area contributed by atoms with Crippen molar-refractivity contribution in [3.8, 4) is 0 Å². The number of fused-ring (bicyclic) bond motifs is 2. The van der Waals surface area contributed by atoms with Crippen LogP contribution in [0.5, 0.6) is 0 Å². The molecule has 2 unspecified atom stereocenters. The molecule has 2 bridgehead atoms. The summed E-state index contributed by atoms with van der Waals surface area (Å²) in [6.07, 6.45) is 17.5. The number of nitrogens with one attached hydrogen (secondary N) is 1. The average molecular weight is 498 g/mol. The summed E-state index contributed by atoms with van der Waals surface area (Å²) >= 11 is 0. The fourth-order valence-electron chi connectivity index (χ4n) is 9.44. The zero-order valence-corrected chi connectivity index (χ0v) is 22.2. The van der Waals surface area contributed by atoms with Crippen LogP contribution in [0.15, 0.2) is 60.0 Å². The number of aromatic nitrogens is 1. The van der Waals surface area contributed by atoms with Crippen molar-refractivity contribution in [2.75, 3.05) is 13.2 Å². The molecule has 5 nitrogen and oxygen atoms in total.